The molecule has 1 saturated carbocycles. The van der Waals surface area contributed by atoms with Gasteiger partial charge in [0.15, 0.2) is 0 Å². The average molecular weight is 308 g/mol. The minimum absolute atomic E-state index is 0.0618. The van der Waals surface area contributed by atoms with E-state index in [2.05, 4.69) is 12.1 Å². The second-order valence-corrected chi connectivity index (χ2v) is 7.04. The zero-order chi connectivity index (χ0) is 15.0. The largest absolute Gasteiger partial charge is 0.367 e. The molecule has 3 nitrogen and oxygen atoms in total. The number of amides is 1. The summed E-state index contributed by atoms with van der Waals surface area (Å²) in [5.74, 6) is 1.21. The number of ether oxygens (including phenoxy) is 1. The van der Waals surface area contributed by atoms with Crippen molar-refractivity contribution in [1.29, 1.82) is 0 Å². The van der Waals surface area contributed by atoms with Crippen molar-refractivity contribution in [2.45, 2.75) is 37.9 Å². The first-order valence-corrected chi connectivity index (χ1v) is 8.11. The Bertz CT molecular complexity index is 517. The smallest absolute Gasteiger partial charge is 0.226 e. The van der Waals surface area contributed by atoms with Gasteiger partial charge in [-0.2, -0.15) is 0 Å². The molecular formula is C17H22ClNO2. The summed E-state index contributed by atoms with van der Waals surface area (Å²) in [4.78, 5) is 14.7. The molecule has 4 heteroatoms. The van der Waals surface area contributed by atoms with E-state index in [-0.39, 0.29) is 23.5 Å². The molecule has 114 valence electrons. The van der Waals surface area contributed by atoms with Crippen LogP contribution in [0.4, 0.5) is 0 Å². The quantitative estimate of drug-likeness (QED) is 0.803. The lowest BCUT2D eigenvalue weighted by Gasteiger charge is -2.42. The molecule has 1 heterocycles. The third-order valence-electron chi connectivity index (χ3n) is 4.30. The van der Waals surface area contributed by atoms with Crippen molar-refractivity contribution in [2.24, 2.45) is 5.92 Å². The number of carbonyl (C=O) groups excluding carboxylic acids is 1. The van der Waals surface area contributed by atoms with E-state index < -0.39 is 0 Å². The van der Waals surface area contributed by atoms with Crippen molar-refractivity contribution in [3.05, 3.63) is 35.9 Å². The topological polar surface area (TPSA) is 29.5 Å². The van der Waals surface area contributed by atoms with E-state index in [1.807, 2.05) is 36.9 Å². The van der Waals surface area contributed by atoms with Crippen molar-refractivity contribution in [1.82, 2.24) is 4.90 Å². The van der Waals surface area contributed by atoms with Gasteiger partial charge in [0.1, 0.15) is 0 Å². The van der Waals surface area contributed by atoms with Gasteiger partial charge in [0.05, 0.1) is 17.6 Å². The van der Waals surface area contributed by atoms with Crippen LogP contribution in [-0.4, -0.2) is 41.5 Å². The molecule has 0 bridgehead atoms. The fourth-order valence-corrected chi connectivity index (χ4v) is 3.48. The first-order chi connectivity index (χ1) is 10.00. The van der Waals surface area contributed by atoms with Gasteiger partial charge >= 0.3 is 0 Å². The SMILES string of the molecule is CC1(C)CN(C(=O)C2CC2c2ccccc2)CC(CCl)O1. The fourth-order valence-electron chi connectivity index (χ4n) is 3.31. The van der Waals surface area contributed by atoms with Crippen LogP contribution in [0.25, 0.3) is 0 Å². The molecular weight excluding hydrogens is 286 g/mol. The summed E-state index contributed by atoms with van der Waals surface area (Å²) < 4.78 is 5.89. The minimum atomic E-state index is -0.315. The predicted octanol–water partition coefficient (Wildman–Crippen LogP) is 3.03. The maximum Gasteiger partial charge on any atom is 0.226 e. The fraction of sp³-hybridized carbons (Fsp3) is 0.588. The van der Waals surface area contributed by atoms with Gasteiger partial charge < -0.3 is 9.64 Å². The number of hydrogen-bond donors (Lipinski definition) is 0. The lowest BCUT2D eigenvalue weighted by atomic mass is 10.0. The summed E-state index contributed by atoms with van der Waals surface area (Å²) in [6.07, 6.45) is 0.903. The van der Waals surface area contributed by atoms with E-state index in [0.717, 1.165) is 6.42 Å². The van der Waals surface area contributed by atoms with Crippen LogP contribution >= 0.6 is 11.6 Å². The molecule has 1 saturated heterocycles. The van der Waals surface area contributed by atoms with Crippen LogP contribution in [0.5, 0.6) is 0 Å². The lowest BCUT2D eigenvalue weighted by molar-refractivity contribution is -0.158. The first kappa shape index (κ1) is 14.9. The maximum absolute atomic E-state index is 12.7. The normalized spacial score (nSPS) is 31.0. The number of rotatable bonds is 3. The molecule has 0 aromatic heterocycles. The third kappa shape index (κ3) is 3.24. The highest BCUT2D eigenvalue weighted by Crippen LogP contribution is 2.48. The Morgan fingerprint density at radius 2 is 2.10 bits per heavy atom. The first-order valence-electron chi connectivity index (χ1n) is 7.58. The summed E-state index contributed by atoms with van der Waals surface area (Å²) >= 11 is 5.93. The van der Waals surface area contributed by atoms with Crippen molar-refractivity contribution in [3.63, 3.8) is 0 Å². The van der Waals surface area contributed by atoms with E-state index in [9.17, 15) is 4.79 Å². The lowest BCUT2D eigenvalue weighted by Crippen LogP contribution is -2.55. The Hall–Kier alpha value is -1.06. The Morgan fingerprint density at radius 1 is 1.38 bits per heavy atom. The molecule has 2 fully saturated rings. The molecule has 3 rings (SSSR count). The van der Waals surface area contributed by atoms with Crippen molar-refractivity contribution < 1.29 is 9.53 Å². The van der Waals surface area contributed by atoms with E-state index in [0.29, 0.717) is 24.9 Å². The van der Waals surface area contributed by atoms with Crippen molar-refractivity contribution in [3.8, 4) is 0 Å². The van der Waals surface area contributed by atoms with Gasteiger partial charge in [-0.25, -0.2) is 0 Å². The van der Waals surface area contributed by atoms with Crippen molar-refractivity contribution in [2.75, 3.05) is 19.0 Å². The third-order valence-corrected chi connectivity index (χ3v) is 4.64. The summed E-state index contributed by atoms with van der Waals surface area (Å²) in [7, 11) is 0. The summed E-state index contributed by atoms with van der Waals surface area (Å²) in [5, 5.41) is 0. The Kier molecular flexibility index (Phi) is 3.98. The number of benzene rings is 1. The molecule has 21 heavy (non-hydrogen) atoms. The van der Waals surface area contributed by atoms with Crippen LogP contribution in [0.2, 0.25) is 0 Å². The molecule has 0 radical (unpaired) electrons. The minimum Gasteiger partial charge on any atom is -0.367 e. The zero-order valence-electron chi connectivity index (χ0n) is 12.6. The number of halogens is 1. The van der Waals surface area contributed by atoms with Gasteiger partial charge in [0, 0.05) is 19.0 Å². The molecule has 1 aliphatic heterocycles. The standard InChI is InChI=1S/C17H22ClNO2/c1-17(2)11-19(10-13(9-18)21-17)16(20)15-8-14(15)12-6-4-3-5-7-12/h3-7,13-15H,8-11H2,1-2H3. The van der Waals surface area contributed by atoms with Crippen LogP contribution < -0.4 is 0 Å². The predicted molar refractivity (Wildman–Crippen MR) is 83.5 cm³/mol. The summed E-state index contributed by atoms with van der Waals surface area (Å²) in [5.41, 5.74) is 0.960. The van der Waals surface area contributed by atoms with Crippen molar-refractivity contribution >= 4 is 17.5 Å². The van der Waals surface area contributed by atoms with Crippen LogP contribution in [0.15, 0.2) is 30.3 Å². The second kappa shape index (κ2) is 5.62. The number of morpholine rings is 1. The van der Waals surface area contributed by atoms with Gasteiger partial charge in [-0.15, -0.1) is 11.6 Å². The van der Waals surface area contributed by atoms with E-state index in [1.54, 1.807) is 0 Å². The van der Waals surface area contributed by atoms with Gasteiger partial charge in [-0.3, -0.25) is 4.79 Å². The molecule has 1 aliphatic carbocycles. The number of carbonyl (C=O) groups is 1. The summed E-state index contributed by atoms with van der Waals surface area (Å²) in [6, 6.07) is 10.3. The molecule has 1 aromatic carbocycles. The Labute approximate surface area is 131 Å². The highest BCUT2D eigenvalue weighted by molar-refractivity contribution is 6.18. The van der Waals surface area contributed by atoms with Crippen LogP contribution in [0, 0.1) is 5.92 Å². The second-order valence-electron chi connectivity index (χ2n) is 6.73. The molecule has 3 unspecified atom stereocenters. The number of alkyl halides is 1. The van der Waals surface area contributed by atoms with Crippen LogP contribution in [0.1, 0.15) is 31.7 Å². The maximum atomic E-state index is 12.7. The van der Waals surface area contributed by atoms with Gasteiger partial charge in [0.2, 0.25) is 5.91 Å². The van der Waals surface area contributed by atoms with Gasteiger partial charge in [-0.1, -0.05) is 30.3 Å². The average Bonchev–Trinajstić information content (AvgIpc) is 3.26. The molecule has 1 aromatic rings. The Balaban J connectivity index is 1.66. The highest BCUT2D eigenvalue weighted by Gasteiger charge is 2.47. The Morgan fingerprint density at radius 3 is 2.76 bits per heavy atom. The number of hydrogen-bond acceptors (Lipinski definition) is 2. The van der Waals surface area contributed by atoms with E-state index in [4.69, 9.17) is 16.3 Å². The summed E-state index contributed by atoms with van der Waals surface area (Å²) in [6.45, 7) is 5.31. The number of nitrogens with zero attached hydrogens (tertiary/aromatic N) is 1. The molecule has 2 aliphatic rings. The molecule has 3 atom stereocenters. The van der Waals surface area contributed by atoms with Gasteiger partial charge in [-0.05, 0) is 31.7 Å². The molecule has 0 N–H and O–H groups in total. The van der Waals surface area contributed by atoms with Crippen LogP contribution in [-0.2, 0) is 9.53 Å². The molecule has 1 amide bonds. The molecule has 0 spiro atoms. The van der Waals surface area contributed by atoms with E-state index in [1.165, 1.54) is 5.56 Å². The van der Waals surface area contributed by atoms with Crippen LogP contribution in [0.3, 0.4) is 0 Å². The van der Waals surface area contributed by atoms with Gasteiger partial charge in [0.25, 0.3) is 0 Å². The van der Waals surface area contributed by atoms with E-state index >= 15 is 0 Å². The zero-order valence-corrected chi connectivity index (χ0v) is 13.3. The highest BCUT2D eigenvalue weighted by atomic mass is 35.5. The monoisotopic (exact) mass is 307 g/mol.